The first-order valence-electron chi connectivity index (χ1n) is 19.0. The summed E-state index contributed by atoms with van der Waals surface area (Å²) in [5, 5.41) is 0. The fourth-order valence-electron chi connectivity index (χ4n) is 5.31. The summed E-state index contributed by atoms with van der Waals surface area (Å²) in [6.07, 6.45) is 33.7. The van der Waals surface area contributed by atoms with Crippen LogP contribution < -0.4 is 0 Å². The predicted octanol–water partition coefficient (Wildman–Crippen LogP) is 12.6. The molecule has 0 rings (SSSR count). The monoisotopic (exact) mass is 615 g/mol. The van der Waals surface area contributed by atoms with Gasteiger partial charge in [-0.05, 0) is 40.0 Å². The second-order valence-electron chi connectivity index (χ2n) is 13.1. The zero-order valence-electron chi connectivity index (χ0n) is 29.9. The molecule has 0 N–H and O–H groups in total. The molecule has 0 saturated heterocycles. The molecule has 0 radical (unpaired) electrons. The van der Waals surface area contributed by atoms with Crippen LogP contribution >= 0.6 is 0 Å². The molecule has 6 nitrogen and oxygen atoms in total. The van der Waals surface area contributed by atoms with Gasteiger partial charge in [-0.2, -0.15) is 0 Å². The van der Waals surface area contributed by atoms with Gasteiger partial charge in [0.05, 0.1) is 18.3 Å². The number of hydrogen-bond donors (Lipinski definition) is 0. The highest BCUT2D eigenvalue weighted by Crippen LogP contribution is 2.16. The maximum Gasteiger partial charge on any atom is 0.725 e. The molecule has 7 heteroatoms. The highest BCUT2D eigenvalue weighted by Gasteiger charge is 2.30. The minimum absolute atomic E-state index is 0.0562. The molecule has 0 saturated carbocycles. The first-order valence-corrected chi connectivity index (χ1v) is 19.0. The third-order valence-electron chi connectivity index (χ3n) is 8.29. The van der Waals surface area contributed by atoms with Crippen LogP contribution in [0.15, 0.2) is 0 Å². The molecule has 0 spiro atoms. The van der Waals surface area contributed by atoms with Crippen molar-refractivity contribution in [1.29, 1.82) is 0 Å². The lowest BCUT2D eigenvalue weighted by atomic mass is 10.1. The number of rotatable bonds is 36. The summed E-state index contributed by atoms with van der Waals surface area (Å²) in [4.78, 5) is 33.4. The Labute approximate surface area is 269 Å². The van der Waals surface area contributed by atoms with Gasteiger partial charge in [-0.3, -0.25) is 0 Å². The van der Waals surface area contributed by atoms with Crippen molar-refractivity contribution in [1.82, 2.24) is 0 Å². The fourth-order valence-corrected chi connectivity index (χ4v) is 5.31. The first-order chi connectivity index (χ1) is 21.0. The molecule has 3 unspecified atom stereocenters. The largest absolute Gasteiger partial charge is 0.725 e. The zero-order chi connectivity index (χ0) is 31.6. The first kappa shape index (κ1) is 42.8. The van der Waals surface area contributed by atoms with E-state index in [2.05, 4.69) is 20.8 Å². The average Bonchev–Trinajstić information content (AvgIpc) is 3.00. The van der Waals surface area contributed by atoms with E-state index in [4.69, 9.17) is 29.1 Å². The SMILES string of the molecule is CCCCCCCCCCC(C)OOB(OOC(C)CCCCCCCCCC)OOC(C)CCCCCCCCCC. The predicted molar refractivity (Wildman–Crippen MR) is 182 cm³/mol. The van der Waals surface area contributed by atoms with E-state index in [1.165, 1.54) is 135 Å². The molecule has 0 aromatic rings. The van der Waals surface area contributed by atoms with Crippen LogP contribution in [0.2, 0.25) is 0 Å². The maximum absolute atomic E-state index is 5.63. The summed E-state index contributed by atoms with van der Waals surface area (Å²) < 4.78 is 0. The van der Waals surface area contributed by atoms with Crippen molar-refractivity contribution < 1.29 is 29.1 Å². The highest BCUT2D eigenvalue weighted by molar-refractivity contribution is 6.35. The minimum atomic E-state index is -1.18. The van der Waals surface area contributed by atoms with Crippen LogP contribution in [0.1, 0.15) is 215 Å². The summed E-state index contributed by atoms with van der Waals surface area (Å²) in [5.74, 6) is 0. The molecule has 0 aliphatic heterocycles. The Morgan fingerprint density at radius 2 is 0.535 bits per heavy atom. The van der Waals surface area contributed by atoms with E-state index < -0.39 is 7.32 Å². The van der Waals surface area contributed by atoms with E-state index in [0.717, 1.165) is 38.5 Å². The van der Waals surface area contributed by atoms with Gasteiger partial charge in [0.25, 0.3) is 0 Å². The molecule has 0 bridgehead atoms. The summed E-state index contributed by atoms with van der Waals surface area (Å²) >= 11 is 0. The second kappa shape index (κ2) is 34.7. The topological polar surface area (TPSA) is 55.4 Å². The third-order valence-corrected chi connectivity index (χ3v) is 8.29. The van der Waals surface area contributed by atoms with Crippen molar-refractivity contribution in [2.45, 2.75) is 233 Å². The lowest BCUT2D eigenvalue weighted by molar-refractivity contribution is -0.372. The van der Waals surface area contributed by atoms with Gasteiger partial charge in [0.2, 0.25) is 0 Å². The molecule has 258 valence electrons. The van der Waals surface area contributed by atoms with Gasteiger partial charge >= 0.3 is 7.32 Å². The van der Waals surface area contributed by atoms with E-state index >= 15 is 0 Å². The molecule has 3 atom stereocenters. The van der Waals surface area contributed by atoms with Crippen LogP contribution in [0.4, 0.5) is 0 Å². The molecule has 0 fully saturated rings. The lowest BCUT2D eigenvalue weighted by Crippen LogP contribution is -2.32. The maximum atomic E-state index is 5.63. The molecule has 0 aliphatic rings. The van der Waals surface area contributed by atoms with Crippen molar-refractivity contribution in [2.24, 2.45) is 0 Å². The van der Waals surface area contributed by atoms with Crippen LogP contribution in [-0.2, 0) is 29.1 Å². The van der Waals surface area contributed by atoms with E-state index in [0.29, 0.717) is 0 Å². The summed E-state index contributed by atoms with van der Waals surface area (Å²) in [7, 11) is -1.18. The minimum Gasteiger partial charge on any atom is -0.244 e. The van der Waals surface area contributed by atoms with Gasteiger partial charge in [0.15, 0.2) is 0 Å². The van der Waals surface area contributed by atoms with Crippen LogP contribution in [0.3, 0.4) is 0 Å². The standard InChI is InChI=1S/C36H75BO6/c1-7-10-13-16-19-22-25-28-31-34(4)38-41-37(42-39-35(5)32-29-26-23-20-17-14-11-8-2)43-40-36(6)33-30-27-24-21-18-15-12-9-3/h34-36H,7-33H2,1-6H3. The molecule has 43 heavy (non-hydrogen) atoms. The van der Waals surface area contributed by atoms with Crippen molar-refractivity contribution in [3.63, 3.8) is 0 Å². The van der Waals surface area contributed by atoms with Gasteiger partial charge in [0.1, 0.15) is 0 Å². The van der Waals surface area contributed by atoms with Gasteiger partial charge < -0.3 is 0 Å². The average molecular weight is 615 g/mol. The van der Waals surface area contributed by atoms with Gasteiger partial charge in [0, 0.05) is 0 Å². The van der Waals surface area contributed by atoms with Crippen molar-refractivity contribution >= 4 is 7.32 Å². The Hall–Kier alpha value is -0.175. The number of hydrogen-bond acceptors (Lipinski definition) is 6. The molecular formula is C36H75BO6. The van der Waals surface area contributed by atoms with Gasteiger partial charge in [-0.1, -0.05) is 175 Å². The van der Waals surface area contributed by atoms with E-state index in [1.54, 1.807) is 0 Å². The quantitative estimate of drug-likeness (QED) is 0.0303. The third kappa shape index (κ3) is 33.0. The number of unbranched alkanes of at least 4 members (excludes halogenated alkanes) is 21. The zero-order valence-corrected chi connectivity index (χ0v) is 29.9. The highest BCUT2D eigenvalue weighted by atomic mass is 17.3. The molecule has 0 aliphatic carbocycles. The van der Waals surface area contributed by atoms with Crippen LogP contribution in [0.5, 0.6) is 0 Å². The normalized spacial score (nSPS) is 13.8. The van der Waals surface area contributed by atoms with Crippen molar-refractivity contribution in [3.8, 4) is 0 Å². The molecule has 0 amide bonds. The summed E-state index contributed by atoms with van der Waals surface area (Å²) in [6, 6.07) is 0. The molecule has 0 heterocycles. The summed E-state index contributed by atoms with van der Waals surface area (Å²) in [6.45, 7) is 12.9. The van der Waals surface area contributed by atoms with Crippen LogP contribution in [0.25, 0.3) is 0 Å². The van der Waals surface area contributed by atoms with Gasteiger partial charge in [-0.15, -0.1) is 0 Å². The second-order valence-corrected chi connectivity index (χ2v) is 13.1. The molecule has 0 aromatic heterocycles. The van der Waals surface area contributed by atoms with Crippen molar-refractivity contribution in [3.05, 3.63) is 0 Å². The fraction of sp³-hybridized carbons (Fsp3) is 1.00. The molecular weight excluding hydrogens is 539 g/mol. The summed E-state index contributed by atoms with van der Waals surface area (Å²) in [5.41, 5.74) is 0. The van der Waals surface area contributed by atoms with E-state index in [-0.39, 0.29) is 18.3 Å². The molecule has 0 aromatic carbocycles. The Kier molecular flexibility index (Phi) is 34.6. The van der Waals surface area contributed by atoms with E-state index in [9.17, 15) is 0 Å². The smallest absolute Gasteiger partial charge is 0.244 e. The Morgan fingerprint density at radius 1 is 0.326 bits per heavy atom. The van der Waals surface area contributed by atoms with Crippen molar-refractivity contribution in [2.75, 3.05) is 0 Å². The lowest BCUT2D eigenvalue weighted by Gasteiger charge is -2.19. The Morgan fingerprint density at radius 3 is 0.767 bits per heavy atom. The Balaban J connectivity index is 4.31. The van der Waals surface area contributed by atoms with Crippen LogP contribution in [-0.4, -0.2) is 25.6 Å². The Bertz CT molecular complexity index is 455. The van der Waals surface area contributed by atoms with Gasteiger partial charge in [-0.25, -0.2) is 29.1 Å². The van der Waals surface area contributed by atoms with E-state index in [1.807, 2.05) is 20.8 Å². The van der Waals surface area contributed by atoms with Crippen LogP contribution in [0, 0.1) is 0 Å².